The first-order valence-electron chi connectivity index (χ1n) is 6.55. The van der Waals surface area contributed by atoms with E-state index < -0.39 is 5.97 Å². The maximum absolute atomic E-state index is 12.2. The first-order valence-corrected chi connectivity index (χ1v) is 6.55. The highest BCUT2D eigenvalue weighted by Gasteiger charge is 2.32. The Labute approximate surface area is 107 Å². The van der Waals surface area contributed by atoms with Gasteiger partial charge < -0.3 is 15.7 Å². The number of carboxylic acid groups (broad SMARTS) is 1. The second-order valence-electron chi connectivity index (χ2n) is 5.27. The van der Waals surface area contributed by atoms with Crippen molar-refractivity contribution in [2.24, 2.45) is 11.7 Å². The highest BCUT2D eigenvalue weighted by molar-refractivity contribution is 5.79. The first-order chi connectivity index (χ1) is 8.56. The van der Waals surface area contributed by atoms with Gasteiger partial charge in [-0.25, -0.2) is 0 Å². The summed E-state index contributed by atoms with van der Waals surface area (Å²) >= 11 is 0. The van der Waals surface area contributed by atoms with E-state index in [2.05, 4.69) is 0 Å². The lowest BCUT2D eigenvalue weighted by atomic mass is 10.1. The van der Waals surface area contributed by atoms with Gasteiger partial charge in [-0.1, -0.05) is 0 Å². The molecule has 1 saturated carbocycles. The zero-order valence-corrected chi connectivity index (χ0v) is 10.5. The first kappa shape index (κ1) is 13.3. The molecule has 102 valence electrons. The van der Waals surface area contributed by atoms with Crippen molar-refractivity contribution in [1.29, 1.82) is 0 Å². The number of hydrogen-bond donors (Lipinski definition) is 2. The van der Waals surface area contributed by atoms with Gasteiger partial charge in [0.25, 0.3) is 0 Å². The van der Waals surface area contributed by atoms with Crippen LogP contribution in [0, 0.1) is 5.92 Å². The molecule has 2 fully saturated rings. The van der Waals surface area contributed by atoms with E-state index in [9.17, 15) is 9.59 Å². The van der Waals surface area contributed by atoms with Crippen LogP contribution < -0.4 is 5.73 Å². The molecule has 1 aliphatic heterocycles. The number of carboxylic acids is 1. The Hall–Kier alpha value is -1.14. The van der Waals surface area contributed by atoms with E-state index in [1.807, 2.05) is 9.80 Å². The third-order valence-corrected chi connectivity index (χ3v) is 3.87. The quantitative estimate of drug-likeness (QED) is 0.699. The normalized spacial score (nSPS) is 29.5. The molecule has 2 aliphatic rings. The zero-order chi connectivity index (χ0) is 13.1. The second-order valence-corrected chi connectivity index (χ2v) is 5.27. The minimum atomic E-state index is -0.809. The summed E-state index contributed by atoms with van der Waals surface area (Å²) < 4.78 is 0. The van der Waals surface area contributed by atoms with Crippen LogP contribution in [0.25, 0.3) is 0 Å². The van der Waals surface area contributed by atoms with Crippen LogP contribution >= 0.6 is 0 Å². The predicted molar refractivity (Wildman–Crippen MR) is 66.0 cm³/mol. The fourth-order valence-corrected chi connectivity index (χ4v) is 2.82. The van der Waals surface area contributed by atoms with Gasteiger partial charge in [0.2, 0.25) is 5.91 Å². The molecule has 1 amide bonds. The molecule has 1 aliphatic carbocycles. The molecule has 0 radical (unpaired) electrons. The van der Waals surface area contributed by atoms with Gasteiger partial charge in [0.15, 0.2) is 0 Å². The third-order valence-electron chi connectivity index (χ3n) is 3.87. The smallest absolute Gasteiger partial charge is 0.317 e. The molecule has 1 heterocycles. The van der Waals surface area contributed by atoms with Crippen molar-refractivity contribution in [3.8, 4) is 0 Å². The molecule has 1 saturated heterocycles. The van der Waals surface area contributed by atoms with E-state index in [1.54, 1.807) is 0 Å². The Morgan fingerprint density at radius 3 is 2.33 bits per heavy atom. The van der Waals surface area contributed by atoms with E-state index in [0.29, 0.717) is 26.2 Å². The summed E-state index contributed by atoms with van der Waals surface area (Å²) in [5.41, 5.74) is 5.83. The fraction of sp³-hybridized carbons (Fsp3) is 0.833. The van der Waals surface area contributed by atoms with Gasteiger partial charge in [0.1, 0.15) is 0 Å². The Morgan fingerprint density at radius 1 is 1.17 bits per heavy atom. The van der Waals surface area contributed by atoms with E-state index in [0.717, 1.165) is 19.3 Å². The van der Waals surface area contributed by atoms with E-state index in [-0.39, 0.29) is 24.4 Å². The Bertz CT molecular complexity index is 327. The number of aliphatic carboxylic acids is 1. The fourth-order valence-electron chi connectivity index (χ4n) is 2.82. The number of nitrogens with zero attached hydrogens (tertiary/aromatic N) is 2. The summed E-state index contributed by atoms with van der Waals surface area (Å²) in [5, 5.41) is 8.71. The average Bonchev–Trinajstić information content (AvgIpc) is 2.75. The summed E-state index contributed by atoms with van der Waals surface area (Å²) in [5.74, 6) is -0.513. The standard InChI is InChI=1S/C12H21N3O3/c13-10-2-1-9(7-10)12(18)15-5-3-14(4-6-15)8-11(16)17/h9-10H,1-8,13H2,(H,16,17). The lowest BCUT2D eigenvalue weighted by Gasteiger charge is -2.35. The Morgan fingerprint density at radius 2 is 1.83 bits per heavy atom. The van der Waals surface area contributed by atoms with Crippen LogP contribution in [0.1, 0.15) is 19.3 Å². The minimum absolute atomic E-state index is 0.0658. The van der Waals surface area contributed by atoms with E-state index >= 15 is 0 Å². The number of rotatable bonds is 3. The van der Waals surface area contributed by atoms with Crippen molar-refractivity contribution in [3.63, 3.8) is 0 Å². The van der Waals surface area contributed by atoms with Crippen LogP contribution in [0.5, 0.6) is 0 Å². The third kappa shape index (κ3) is 3.20. The molecule has 6 nitrogen and oxygen atoms in total. The highest BCUT2D eigenvalue weighted by Crippen LogP contribution is 2.26. The lowest BCUT2D eigenvalue weighted by molar-refractivity contribution is -0.140. The van der Waals surface area contributed by atoms with Crippen LogP contribution in [-0.2, 0) is 9.59 Å². The van der Waals surface area contributed by atoms with E-state index in [1.165, 1.54) is 0 Å². The average molecular weight is 255 g/mol. The summed E-state index contributed by atoms with van der Waals surface area (Å²) in [6.45, 7) is 2.64. The SMILES string of the molecule is NC1CCC(C(=O)N2CCN(CC(=O)O)CC2)C1. The summed E-state index contributed by atoms with van der Waals surface area (Å²) in [4.78, 5) is 26.5. The number of nitrogens with two attached hydrogens (primary N) is 1. The van der Waals surface area contributed by atoms with Crippen LogP contribution in [0.15, 0.2) is 0 Å². The van der Waals surface area contributed by atoms with Crippen LogP contribution in [0.3, 0.4) is 0 Å². The molecule has 0 aromatic rings. The molecular weight excluding hydrogens is 234 g/mol. The molecule has 3 N–H and O–H groups in total. The predicted octanol–water partition coefficient (Wildman–Crippen LogP) is -0.657. The second kappa shape index (κ2) is 5.67. The van der Waals surface area contributed by atoms with Crippen LogP contribution in [0.4, 0.5) is 0 Å². The molecule has 6 heteroatoms. The molecular formula is C12H21N3O3. The summed E-state index contributed by atoms with van der Waals surface area (Å²) in [6.07, 6.45) is 2.64. The van der Waals surface area contributed by atoms with Gasteiger partial charge in [0.05, 0.1) is 6.54 Å². The van der Waals surface area contributed by atoms with Crippen molar-refractivity contribution < 1.29 is 14.7 Å². The van der Waals surface area contributed by atoms with Gasteiger partial charge >= 0.3 is 5.97 Å². The number of hydrogen-bond acceptors (Lipinski definition) is 4. The molecule has 2 rings (SSSR count). The van der Waals surface area contributed by atoms with Gasteiger partial charge in [-0.3, -0.25) is 14.5 Å². The number of carbonyl (C=O) groups excluding carboxylic acids is 1. The topological polar surface area (TPSA) is 86.9 Å². The van der Waals surface area contributed by atoms with Gasteiger partial charge in [-0.2, -0.15) is 0 Å². The monoisotopic (exact) mass is 255 g/mol. The zero-order valence-electron chi connectivity index (χ0n) is 10.5. The van der Waals surface area contributed by atoms with Crippen LogP contribution in [-0.4, -0.2) is 65.5 Å². The minimum Gasteiger partial charge on any atom is -0.480 e. The number of amides is 1. The maximum Gasteiger partial charge on any atom is 0.317 e. The molecule has 0 aromatic heterocycles. The lowest BCUT2D eigenvalue weighted by Crippen LogP contribution is -2.51. The van der Waals surface area contributed by atoms with Crippen LogP contribution in [0.2, 0.25) is 0 Å². The Kier molecular flexibility index (Phi) is 4.19. The molecule has 0 spiro atoms. The van der Waals surface area contributed by atoms with Gasteiger partial charge in [0, 0.05) is 38.1 Å². The van der Waals surface area contributed by atoms with Crippen molar-refractivity contribution >= 4 is 11.9 Å². The number of carbonyl (C=O) groups is 2. The maximum atomic E-state index is 12.2. The van der Waals surface area contributed by atoms with Crippen molar-refractivity contribution in [3.05, 3.63) is 0 Å². The number of piperazine rings is 1. The largest absolute Gasteiger partial charge is 0.480 e. The van der Waals surface area contributed by atoms with Gasteiger partial charge in [-0.15, -0.1) is 0 Å². The summed E-state index contributed by atoms with van der Waals surface area (Å²) in [6, 6.07) is 0.173. The molecule has 0 aromatic carbocycles. The Balaban J connectivity index is 1.79. The molecule has 0 bridgehead atoms. The van der Waals surface area contributed by atoms with Gasteiger partial charge in [-0.05, 0) is 19.3 Å². The van der Waals surface area contributed by atoms with Crippen molar-refractivity contribution in [2.75, 3.05) is 32.7 Å². The molecule has 2 unspecified atom stereocenters. The van der Waals surface area contributed by atoms with Crippen molar-refractivity contribution in [1.82, 2.24) is 9.80 Å². The highest BCUT2D eigenvalue weighted by atomic mass is 16.4. The van der Waals surface area contributed by atoms with E-state index in [4.69, 9.17) is 10.8 Å². The molecule has 2 atom stereocenters. The summed E-state index contributed by atoms with van der Waals surface area (Å²) in [7, 11) is 0. The molecule has 18 heavy (non-hydrogen) atoms. The van der Waals surface area contributed by atoms with Crippen molar-refractivity contribution in [2.45, 2.75) is 25.3 Å².